The summed E-state index contributed by atoms with van der Waals surface area (Å²) in [5, 5.41) is 0.662. The summed E-state index contributed by atoms with van der Waals surface area (Å²) in [6.45, 7) is 3.78. The third-order valence-corrected chi connectivity index (χ3v) is 5.80. The molecule has 29 heavy (non-hydrogen) atoms. The molecule has 7 heteroatoms. The lowest BCUT2D eigenvalue weighted by Gasteiger charge is -2.05. The molecule has 4 nitrogen and oxygen atoms in total. The van der Waals surface area contributed by atoms with E-state index in [0.717, 1.165) is 0 Å². The number of carbonyl (C=O) groups is 2. The molecule has 0 fully saturated rings. The number of hydrogen-bond donors (Lipinski definition) is 0. The zero-order valence-corrected chi connectivity index (χ0v) is 18.4. The largest absolute Gasteiger partial charge is 0.449 e. The summed E-state index contributed by atoms with van der Waals surface area (Å²) in [5.41, 5.74) is 6.70. The molecule has 0 spiro atoms. The van der Waals surface area contributed by atoms with Crippen molar-refractivity contribution < 1.29 is 19.1 Å². The number of halogens is 2. The van der Waals surface area contributed by atoms with Gasteiger partial charge in [-0.1, -0.05) is 59.3 Å². The molecule has 2 aromatic carbocycles. The van der Waals surface area contributed by atoms with Crippen LogP contribution in [0.2, 0.25) is 23.1 Å². The van der Waals surface area contributed by atoms with E-state index in [2.05, 4.69) is 22.9 Å². The zero-order chi connectivity index (χ0) is 21.3. The van der Waals surface area contributed by atoms with Crippen LogP contribution in [0.25, 0.3) is 0 Å². The molecule has 0 N–H and O–H groups in total. The van der Waals surface area contributed by atoms with E-state index < -0.39 is 20.0 Å². The molecule has 0 saturated carbocycles. The van der Waals surface area contributed by atoms with Crippen molar-refractivity contribution in [3.63, 3.8) is 0 Å². The topological polar surface area (TPSA) is 52.6 Å². The maximum absolute atomic E-state index is 12.0. The number of benzene rings is 2. The first-order valence-electron chi connectivity index (χ1n) is 8.63. The highest BCUT2D eigenvalue weighted by atomic mass is 35.5. The maximum Gasteiger partial charge on any atom is 0.340 e. The Balaban J connectivity index is 1.83. The van der Waals surface area contributed by atoms with Gasteiger partial charge in [0.2, 0.25) is 8.07 Å². The number of hydrogen-bond acceptors (Lipinski definition) is 4. The van der Waals surface area contributed by atoms with E-state index in [-0.39, 0.29) is 13.2 Å². The van der Waals surface area contributed by atoms with Gasteiger partial charge in [0, 0.05) is 0 Å². The molecule has 0 saturated heterocycles. The van der Waals surface area contributed by atoms with Gasteiger partial charge in [0.25, 0.3) is 0 Å². The van der Waals surface area contributed by atoms with E-state index in [1.54, 1.807) is 48.5 Å². The lowest BCUT2D eigenvalue weighted by molar-refractivity contribution is 0.0547. The van der Waals surface area contributed by atoms with Gasteiger partial charge in [-0.25, -0.2) is 9.59 Å². The molecule has 2 rings (SSSR count). The lowest BCUT2D eigenvalue weighted by Crippen LogP contribution is -2.21. The van der Waals surface area contributed by atoms with Gasteiger partial charge in [-0.3, -0.25) is 0 Å². The first-order chi connectivity index (χ1) is 13.8. The Kier molecular flexibility index (Phi) is 8.36. The number of rotatable bonds is 4. The third kappa shape index (κ3) is 7.32. The standard InChI is InChI=1S/C22H18Cl2O4Si/c1-29(2,15-7-13-27-21(25)17-9-3-5-11-19(17)23)16-8-14-28-22(26)18-10-4-6-12-20(18)24/h3-6,9-12H,13-14H2,1-2H3. The van der Waals surface area contributed by atoms with Crippen LogP contribution in [0, 0.1) is 22.9 Å². The number of esters is 2. The molecule has 0 radical (unpaired) electrons. The Morgan fingerprint density at radius 2 is 1.17 bits per heavy atom. The van der Waals surface area contributed by atoms with E-state index in [0.29, 0.717) is 21.2 Å². The summed E-state index contributed by atoms with van der Waals surface area (Å²) in [6.07, 6.45) is 0. The summed E-state index contributed by atoms with van der Waals surface area (Å²) in [6, 6.07) is 13.3. The lowest BCUT2D eigenvalue weighted by atomic mass is 10.2. The molecule has 0 aliphatic carbocycles. The van der Waals surface area contributed by atoms with E-state index in [1.165, 1.54) is 0 Å². The molecular formula is C22H18Cl2O4Si. The van der Waals surface area contributed by atoms with Gasteiger partial charge in [0.15, 0.2) is 13.2 Å². The van der Waals surface area contributed by atoms with Crippen LogP contribution >= 0.6 is 23.2 Å². The van der Waals surface area contributed by atoms with Crippen molar-refractivity contribution >= 4 is 43.2 Å². The molecule has 2 aromatic rings. The molecule has 0 bridgehead atoms. The Morgan fingerprint density at radius 3 is 1.55 bits per heavy atom. The third-order valence-electron chi connectivity index (χ3n) is 3.54. The SMILES string of the molecule is C[Si](C)(C#CCOC(=O)c1ccccc1Cl)C#CCOC(=O)c1ccccc1Cl. The summed E-state index contributed by atoms with van der Waals surface area (Å²) in [4.78, 5) is 23.9. The van der Waals surface area contributed by atoms with Crippen molar-refractivity contribution in [3.8, 4) is 22.9 Å². The highest BCUT2D eigenvalue weighted by Gasteiger charge is 2.15. The van der Waals surface area contributed by atoms with Crippen LogP contribution in [0.4, 0.5) is 0 Å². The van der Waals surface area contributed by atoms with Gasteiger partial charge >= 0.3 is 11.9 Å². The van der Waals surface area contributed by atoms with Crippen LogP contribution in [0.15, 0.2) is 48.5 Å². The van der Waals surface area contributed by atoms with Crippen molar-refractivity contribution in [3.05, 3.63) is 69.7 Å². The fourth-order valence-corrected chi connectivity index (χ4v) is 3.67. The van der Waals surface area contributed by atoms with Gasteiger partial charge in [-0.05, 0) is 37.4 Å². The molecule has 0 unspecified atom stereocenters. The minimum absolute atomic E-state index is 0.0519. The van der Waals surface area contributed by atoms with Crippen LogP contribution in [0.3, 0.4) is 0 Å². The minimum Gasteiger partial charge on any atom is -0.449 e. The summed E-state index contributed by atoms with van der Waals surface area (Å²) < 4.78 is 10.2. The Morgan fingerprint density at radius 1 is 0.793 bits per heavy atom. The summed E-state index contributed by atoms with van der Waals surface area (Å²) in [5.74, 6) is 4.60. The second-order valence-corrected chi connectivity index (χ2v) is 10.9. The Bertz CT molecular complexity index is 945. The smallest absolute Gasteiger partial charge is 0.340 e. The van der Waals surface area contributed by atoms with Crippen molar-refractivity contribution in [1.82, 2.24) is 0 Å². The predicted octanol–water partition coefficient (Wildman–Crippen LogP) is 4.80. The van der Waals surface area contributed by atoms with Gasteiger partial charge < -0.3 is 9.47 Å². The highest BCUT2D eigenvalue weighted by molar-refractivity contribution is 6.92. The highest BCUT2D eigenvalue weighted by Crippen LogP contribution is 2.16. The number of carbonyl (C=O) groups excluding carboxylic acids is 2. The van der Waals surface area contributed by atoms with Crippen LogP contribution in [0.5, 0.6) is 0 Å². The molecule has 0 amide bonds. The van der Waals surface area contributed by atoms with Crippen molar-refractivity contribution in [2.75, 3.05) is 13.2 Å². The molecule has 0 aromatic heterocycles. The first-order valence-corrected chi connectivity index (χ1v) is 12.4. The molecular weight excluding hydrogens is 427 g/mol. The van der Waals surface area contributed by atoms with Gasteiger partial charge in [-0.2, -0.15) is 0 Å². The summed E-state index contributed by atoms with van der Waals surface area (Å²) in [7, 11) is -2.18. The van der Waals surface area contributed by atoms with Crippen LogP contribution < -0.4 is 0 Å². The average Bonchev–Trinajstić information content (AvgIpc) is 2.69. The van der Waals surface area contributed by atoms with Gasteiger partial charge in [0.1, 0.15) is 0 Å². The fraction of sp³-hybridized carbons (Fsp3) is 0.182. The van der Waals surface area contributed by atoms with E-state index in [9.17, 15) is 9.59 Å². The quantitative estimate of drug-likeness (QED) is 0.386. The van der Waals surface area contributed by atoms with Crippen LogP contribution in [-0.2, 0) is 9.47 Å². The molecule has 0 heterocycles. The Hall–Kier alpha value is -2.70. The fourth-order valence-electron chi connectivity index (χ4n) is 2.16. The Labute approximate surface area is 181 Å². The predicted molar refractivity (Wildman–Crippen MR) is 117 cm³/mol. The van der Waals surface area contributed by atoms with Crippen molar-refractivity contribution in [2.24, 2.45) is 0 Å². The van der Waals surface area contributed by atoms with E-state index in [1.807, 2.05) is 13.1 Å². The molecule has 0 atom stereocenters. The van der Waals surface area contributed by atoms with E-state index in [4.69, 9.17) is 32.7 Å². The summed E-state index contributed by atoms with van der Waals surface area (Å²) >= 11 is 11.9. The normalized spacial score (nSPS) is 10.1. The second kappa shape index (κ2) is 10.7. The van der Waals surface area contributed by atoms with E-state index >= 15 is 0 Å². The molecule has 0 aliphatic rings. The maximum atomic E-state index is 12.0. The van der Waals surface area contributed by atoms with Crippen LogP contribution in [-0.4, -0.2) is 33.2 Å². The van der Waals surface area contributed by atoms with Crippen molar-refractivity contribution in [1.29, 1.82) is 0 Å². The first kappa shape index (κ1) is 22.6. The second-order valence-electron chi connectivity index (χ2n) is 6.34. The van der Waals surface area contributed by atoms with Gasteiger partial charge in [0.05, 0.1) is 21.2 Å². The monoisotopic (exact) mass is 444 g/mol. The average molecular weight is 445 g/mol. The molecule has 148 valence electrons. The minimum atomic E-state index is -2.18. The molecule has 0 aliphatic heterocycles. The van der Waals surface area contributed by atoms with Crippen LogP contribution in [0.1, 0.15) is 20.7 Å². The van der Waals surface area contributed by atoms with Crippen molar-refractivity contribution in [2.45, 2.75) is 13.1 Å². The zero-order valence-electron chi connectivity index (χ0n) is 15.9. The van der Waals surface area contributed by atoms with Gasteiger partial charge in [-0.15, -0.1) is 11.1 Å². The number of ether oxygens (including phenoxy) is 2.